The van der Waals surface area contributed by atoms with E-state index in [1.54, 1.807) is 0 Å². The zero-order chi connectivity index (χ0) is 14.5. The maximum absolute atomic E-state index is 6.28. The zero-order valence-corrected chi connectivity index (χ0v) is 12.6. The monoisotopic (exact) mass is 268 g/mol. The average Bonchev–Trinajstić information content (AvgIpc) is 2.45. The van der Waals surface area contributed by atoms with Gasteiger partial charge in [-0.25, -0.2) is 0 Å². The minimum absolute atomic E-state index is 0.0675. The van der Waals surface area contributed by atoms with Gasteiger partial charge in [0.25, 0.3) is 0 Å². The molecule has 2 unspecified atom stereocenters. The quantitative estimate of drug-likeness (QED) is 0.891. The number of hydrogen-bond acceptors (Lipinski definition) is 2. The first-order chi connectivity index (χ1) is 9.63. The number of likely N-dealkylation sites (N-methyl/N-ethyl adjacent to an activating group) is 1. The molecule has 0 amide bonds. The van der Waals surface area contributed by atoms with E-state index in [9.17, 15) is 0 Å². The summed E-state index contributed by atoms with van der Waals surface area (Å²) in [7, 11) is 0. The molecule has 0 bridgehead atoms. The first-order valence-corrected chi connectivity index (χ1v) is 7.27. The fourth-order valence-electron chi connectivity index (χ4n) is 2.76. The third-order valence-electron chi connectivity index (χ3n) is 3.65. The van der Waals surface area contributed by atoms with E-state index in [1.165, 1.54) is 16.8 Å². The second kappa shape index (κ2) is 6.58. The lowest BCUT2D eigenvalue weighted by Crippen LogP contribution is -2.39. The number of benzene rings is 2. The molecule has 2 heteroatoms. The van der Waals surface area contributed by atoms with Crippen molar-refractivity contribution in [3.05, 3.63) is 65.7 Å². The van der Waals surface area contributed by atoms with Gasteiger partial charge < -0.3 is 10.6 Å². The molecule has 0 fully saturated rings. The molecule has 2 nitrogen and oxygen atoms in total. The predicted molar refractivity (Wildman–Crippen MR) is 87.0 cm³/mol. The third kappa shape index (κ3) is 3.20. The normalized spacial score (nSPS) is 13.8. The number of rotatable bonds is 5. The Hall–Kier alpha value is -1.80. The van der Waals surface area contributed by atoms with Crippen LogP contribution in [0.1, 0.15) is 31.0 Å². The molecule has 0 radical (unpaired) electrons. The fourth-order valence-corrected chi connectivity index (χ4v) is 2.76. The van der Waals surface area contributed by atoms with Gasteiger partial charge in [0.15, 0.2) is 0 Å². The van der Waals surface area contributed by atoms with E-state index in [-0.39, 0.29) is 12.1 Å². The standard InChI is InChI=1S/C18H24N2/c1-4-20(17-12-8-9-14(2)13-17)18(15(3)19)16-10-6-5-7-11-16/h5-13,15,18H,4,19H2,1-3H3. The number of hydrogen-bond donors (Lipinski definition) is 1. The van der Waals surface area contributed by atoms with Crippen LogP contribution in [0.5, 0.6) is 0 Å². The minimum Gasteiger partial charge on any atom is -0.363 e. The molecule has 2 rings (SSSR count). The number of nitrogens with two attached hydrogens (primary N) is 1. The van der Waals surface area contributed by atoms with Crippen LogP contribution in [0.3, 0.4) is 0 Å². The lowest BCUT2D eigenvalue weighted by Gasteiger charge is -2.36. The van der Waals surface area contributed by atoms with Crippen molar-refractivity contribution in [3.8, 4) is 0 Å². The highest BCUT2D eigenvalue weighted by molar-refractivity contribution is 5.51. The first kappa shape index (κ1) is 14.6. The Morgan fingerprint density at radius 3 is 2.30 bits per heavy atom. The van der Waals surface area contributed by atoms with Crippen LogP contribution in [-0.2, 0) is 0 Å². The molecule has 2 aromatic carbocycles. The van der Waals surface area contributed by atoms with Gasteiger partial charge in [0.1, 0.15) is 0 Å². The second-order valence-electron chi connectivity index (χ2n) is 5.34. The zero-order valence-electron chi connectivity index (χ0n) is 12.6. The van der Waals surface area contributed by atoms with Crippen molar-refractivity contribution in [2.45, 2.75) is 32.9 Å². The Labute approximate surface area is 122 Å². The van der Waals surface area contributed by atoms with Gasteiger partial charge in [-0.05, 0) is 44.0 Å². The summed E-state index contributed by atoms with van der Waals surface area (Å²) >= 11 is 0. The van der Waals surface area contributed by atoms with Crippen molar-refractivity contribution < 1.29 is 0 Å². The molecular weight excluding hydrogens is 244 g/mol. The van der Waals surface area contributed by atoms with Crippen molar-refractivity contribution in [2.75, 3.05) is 11.4 Å². The summed E-state index contributed by atoms with van der Waals surface area (Å²) in [5.74, 6) is 0. The molecule has 0 heterocycles. The van der Waals surface area contributed by atoms with E-state index in [0.29, 0.717) is 0 Å². The van der Waals surface area contributed by atoms with Crippen LogP contribution in [0.4, 0.5) is 5.69 Å². The van der Waals surface area contributed by atoms with Gasteiger partial charge in [-0.15, -0.1) is 0 Å². The van der Waals surface area contributed by atoms with E-state index in [2.05, 4.69) is 74.2 Å². The van der Waals surface area contributed by atoms with E-state index >= 15 is 0 Å². The molecule has 20 heavy (non-hydrogen) atoms. The Balaban J connectivity index is 2.41. The van der Waals surface area contributed by atoms with Gasteiger partial charge in [0.2, 0.25) is 0 Å². The van der Waals surface area contributed by atoms with Crippen LogP contribution >= 0.6 is 0 Å². The molecule has 0 aliphatic rings. The van der Waals surface area contributed by atoms with Gasteiger partial charge in [0.05, 0.1) is 6.04 Å². The predicted octanol–water partition coefficient (Wildman–Crippen LogP) is 3.91. The van der Waals surface area contributed by atoms with Crippen molar-refractivity contribution in [1.29, 1.82) is 0 Å². The molecule has 0 saturated carbocycles. The molecule has 0 aliphatic carbocycles. The molecule has 2 atom stereocenters. The maximum Gasteiger partial charge on any atom is 0.0690 e. The van der Waals surface area contributed by atoms with Crippen molar-refractivity contribution in [2.24, 2.45) is 5.73 Å². The topological polar surface area (TPSA) is 29.3 Å². The minimum atomic E-state index is 0.0675. The molecule has 0 saturated heterocycles. The van der Waals surface area contributed by atoms with Crippen LogP contribution in [-0.4, -0.2) is 12.6 Å². The van der Waals surface area contributed by atoms with Gasteiger partial charge >= 0.3 is 0 Å². The summed E-state index contributed by atoms with van der Waals surface area (Å²) in [6.45, 7) is 7.32. The maximum atomic E-state index is 6.28. The lowest BCUT2D eigenvalue weighted by atomic mass is 9.98. The Kier molecular flexibility index (Phi) is 4.80. The molecule has 0 aliphatic heterocycles. The van der Waals surface area contributed by atoms with E-state index in [1.807, 2.05) is 6.07 Å². The summed E-state index contributed by atoms with van der Waals surface area (Å²) in [5, 5.41) is 0. The van der Waals surface area contributed by atoms with Gasteiger partial charge in [0, 0.05) is 18.3 Å². The van der Waals surface area contributed by atoms with Crippen molar-refractivity contribution in [3.63, 3.8) is 0 Å². The van der Waals surface area contributed by atoms with Crippen LogP contribution in [0.25, 0.3) is 0 Å². The first-order valence-electron chi connectivity index (χ1n) is 7.27. The SMILES string of the molecule is CCN(c1cccc(C)c1)C(c1ccccc1)C(C)N. The fraction of sp³-hybridized carbons (Fsp3) is 0.333. The van der Waals surface area contributed by atoms with E-state index in [0.717, 1.165) is 6.54 Å². The van der Waals surface area contributed by atoms with Crippen molar-refractivity contribution in [1.82, 2.24) is 0 Å². The summed E-state index contributed by atoms with van der Waals surface area (Å²) in [5.41, 5.74) is 10.1. The summed E-state index contributed by atoms with van der Waals surface area (Å²) in [6, 6.07) is 19.4. The Morgan fingerprint density at radius 1 is 1.05 bits per heavy atom. The molecular formula is C18H24N2. The van der Waals surface area contributed by atoms with E-state index < -0.39 is 0 Å². The number of anilines is 1. The average molecular weight is 268 g/mol. The molecule has 0 spiro atoms. The van der Waals surface area contributed by atoms with Gasteiger partial charge in [-0.3, -0.25) is 0 Å². The largest absolute Gasteiger partial charge is 0.363 e. The number of aryl methyl sites for hydroxylation is 1. The Bertz CT molecular complexity index is 534. The molecule has 106 valence electrons. The summed E-state index contributed by atoms with van der Waals surface area (Å²) in [6.07, 6.45) is 0. The van der Waals surface area contributed by atoms with Crippen molar-refractivity contribution >= 4 is 5.69 Å². The van der Waals surface area contributed by atoms with Gasteiger partial charge in [-0.1, -0.05) is 42.5 Å². The molecule has 2 aromatic rings. The number of nitrogens with zero attached hydrogens (tertiary/aromatic N) is 1. The van der Waals surface area contributed by atoms with Crippen LogP contribution in [0.15, 0.2) is 54.6 Å². The second-order valence-corrected chi connectivity index (χ2v) is 5.34. The highest BCUT2D eigenvalue weighted by Crippen LogP contribution is 2.29. The summed E-state index contributed by atoms with van der Waals surface area (Å²) < 4.78 is 0. The van der Waals surface area contributed by atoms with Gasteiger partial charge in [-0.2, -0.15) is 0 Å². The highest BCUT2D eigenvalue weighted by atomic mass is 15.2. The molecule has 0 aromatic heterocycles. The van der Waals surface area contributed by atoms with Crippen LogP contribution in [0, 0.1) is 6.92 Å². The lowest BCUT2D eigenvalue weighted by molar-refractivity contribution is 0.538. The van der Waals surface area contributed by atoms with E-state index in [4.69, 9.17) is 5.73 Å². The molecule has 2 N–H and O–H groups in total. The summed E-state index contributed by atoms with van der Waals surface area (Å²) in [4.78, 5) is 2.38. The van der Waals surface area contributed by atoms with Crippen LogP contribution < -0.4 is 10.6 Å². The smallest absolute Gasteiger partial charge is 0.0690 e. The third-order valence-corrected chi connectivity index (χ3v) is 3.65. The highest BCUT2D eigenvalue weighted by Gasteiger charge is 2.23. The van der Waals surface area contributed by atoms with Crippen LogP contribution in [0.2, 0.25) is 0 Å². The Morgan fingerprint density at radius 2 is 1.75 bits per heavy atom.